The van der Waals surface area contributed by atoms with Crippen molar-refractivity contribution < 1.29 is 9.59 Å². The van der Waals surface area contributed by atoms with Crippen molar-refractivity contribution in [1.29, 1.82) is 0 Å². The summed E-state index contributed by atoms with van der Waals surface area (Å²) in [6.07, 6.45) is 7.83. The molecule has 1 saturated carbocycles. The van der Waals surface area contributed by atoms with E-state index in [-0.39, 0.29) is 35.0 Å². The number of hydrogen-bond acceptors (Lipinski definition) is 2. The Morgan fingerprint density at radius 2 is 2.00 bits per heavy atom. The molecule has 1 aliphatic heterocycles. The Hall–Kier alpha value is -2.16. The minimum atomic E-state index is -0.210. The number of amides is 2. The molecule has 3 aliphatic rings. The first-order valence-electron chi connectivity index (χ1n) is 7.41. The molecular formula is C18H17NO2. The first kappa shape index (κ1) is 12.6. The van der Waals surface area contributed by atoms with Gasteiger partial charge < -0.3 is 0 Å². The third-order valence-corrected chi connectivity index (χ3v) is 5.26. The predicted molar refractivity (Wildman–Crippen MR) is 80.4 cm³/mol. The molecule has 2 fully saturated rings. The standard InChI is InChI=1S/C18H17NO2/c1-2-9-18-10-8-12(11-18)14-15(18)17(21)19(16(14)20)13-6-4-3-5-7-13/h2-8,10,12,14-15H,1,9,11H2. The zero-order valence-electron chi connectivity index (χ0n) is 11.7. The van der Waals surface area contributed by atoms with Crippen LogP contribution in [0, 0.1) is 23.2 Å². The predicted octanol–water partition coefficient (Wildman–Crippen LogP) is 2.94. The fraction of sp³-hybridized carbons (Fsp3) is 0.333. The molecule has 3 nitrogen and oxygen atoms in total. The van der Waals surface area contributed by atoms with Gasteiger partial charge in [-0.05, 0) is 30.9 Å². The van der Waals surface area contributed by atoms with E-state index in [1.165, 1.54) is 4.90 Å². The summed E-state index contributed by atoms with van der Waals surface area (Å²) in [7, 11) is 0. The molecular weight excluding hydrogens is 262 g/mol. The van der Waals surface area contributed by atoms with Gasteiger partial charge in [0.2, 0.25) is 11.8 Å². The molecule has 21 heavy (non-hydrogen) atoms. The smallest absolute Gasteiger partial charge is 0.238 e. The molecule has 0 N–H and O–H groups in total. The van der Waals surface area contributed by atoms with Crippen molar-refractivity contribution in [3.8, 4) is 0 Å². The van der Waals surface area contributed by atoms with Crippen molar-refractivity contribution in [3.05, 3.63) is 55.1 Å². The highest BCUT2D eigenvalue weighted by Crippen LogP contribution is 2.61. The number of imide groups is 1. The summed E-state index contributed by atoms with van der Waals surface area (Å²) in [5, 5.41) is 0. The van der Waals surface area contributed by atoms with Gasteiger partial charge in [-0.15, -0.1) is 6.58 Å². The zero-order chi connectivity index (χ0) is 14.6. The summed E-state index contributed by atoms with van der Waals surface area (Å²) in [6.45, 7) is 3.83. The number of rotatable bonds is 3. The largest absolute Gasteiger partial charge is 0.274 e. The maximum Gasteiger partial charge on any atom is 0.238 e. The minimum Gasteiger partial charge on any atom is -0.274 e. The topological polar surface area (TPSA) is 37.4 Å². The Morgan fingerprint density at radius 1 is 1.24 bits per heavy atom. The third-order valence-electron chi connectivity index (χ3n) is 5.26. The number of allylic oxidation sites excluding steroid dienone is 3. The number of hydrogen-bond donors (Lipinski definition) is 0. The van der Waals surface area contributed by atoms with Crippen LogP contribution in [0.2, 0.25) is 0 Å². The molecule has 0 aromatic heterocycles. The lowest BCUT2D eigenvalue weighted by atomic mass is 9.73. The molecule has 1 heterocycles. The third kappa shape index (κ3) is 1.49. The van der Waals surface area contributed by atoms with Crippen LogP contribution in [0.5, 0.6) is 0 Å². The first-order valence-corrected chi connectivity index (χ1v) is 7.41. The normalized spacial score (nSPS) is 36.4. The maximum atomic E-state index is 12.9. The van der Waals surface area contributed by atoms with Gasteiger partial charge >= 0.3 is 0 Å². The Bertz CT molecular complexity index is 663. The van der Waals surface area contributed by atoms with E-state index in [4.69, 9.17) is 0 Å². The molecule has 0 radical (unpaired) electrons. The Kier molecular flexibility index (Phi) is 2.49. The summed E-state index contributed by atoms with van der Waals surface area (Å²) in [5.74, 6) is -0.248. The number of carbonyl (C=O) groups is 2. The summed E-state index contributed by atoms with van der Waals surface area (Å²) in [6, 6.07) is 9.26. The van der Waals surface area contributed by atoms with E-state index in [0.29, 0.717) is 5.69 Å². The van der Waals surface area contributed by atoms with E-state index in [1.807, 2.05) is 36.4 Å². The number of para-hydroxylation sites is 1. The maximum absolute atomic E-state index is 12.9. The van der Waals surface area contributed by atoms with E-state index in [0.717, 1.165) is 12.8 Å². The second-order valence-corrected chi connectivity index (χ2v) is 6.30. The number of anilines is 1. The Balaban J connectivity index is 1.78. The van der Waals surface area contributed by atoms with Crippen molar-refractivity contribution in [1.82, 2.24) is 0 Å². The first-order chi connectivity index (χ1) is 10.2. The molecule has 0 spiro atoms. The van der Waals surface area contributed by atoms with Crippen molar-refractivity contribution in [2.24, 2.45) is 23.2 Å². The second kappa shape index (κ2) is 4.17. The minimum absolute atomic E-state index is 0.0310. The summed E-state index contributed by atoms with van der Waals surface area (Å²) >= 11 is 0. The molecule has 1 saturated heterocycles. The van der Waals surface area contributed by atoms with E-state index in [9.17, 15) is 9.59 Å². The van der Waals surface area contributed by atoms with Crippen LogP contribution in [0.1, 0.15) is 12.8 Å². The van der Waals surface area contributed by atoms with Crippen LogP contribution in [0.3, 0.4) is 0 Å². The zero-order valence-corrected chi connectivity index (χ0v) is 11.7. The Labute approximate surface area is 123 Å². The van der Waals surface area contributed by atoms with Gasteiger partial charge in [-0.3, -0.25) is 14.5 Å². The molecule has 106 valence electrons. The molecule has 4 atom stereocenters. The van der Waals surface area contributed by atoms with Gasteiger partial charge in [0.1, 0.15) is 0 Å². The van der Waals surface area contributed by atoms with Crippen molar-refractivity contribution in [2.45, 2.75) is 12.8 Å². The molecule has 2 aliphatic carbocycles. The van der Waals surface area contributed by atoms with E-state index in [2.05, 4.69) is 18.7 Å². The van der Waals surface area contributed by atoms with Gasteiger partial charge in [-0.2, -0.15) is 0 Å². The van der Waals surface area contributed by atoms with Crippen LogP contribution in [-0.2, 0) is 9.59 Å². The number of nitrogens with zero attached hydrogens (tertiary/aromatic N) is 1. The molecule has 4 rings (SSSR count). The van der Waals surface area contributed by atoms with E-state index < -0.39 is 0 Å². The Morgan fingerprint density at radius 3 is 2.71 bits per heavy atom. The van der Waals surface area contributed by atoms with Crippen LogP contribution in [0.15, 0.2) is 55.1 Å². The van der Waals surface area contributed by atoms with Crippen LogP contribution >= 0.6 is 0 Å². The van der Waals surface area contributed by atoms with Crippen molar-refractivity contribution >= 4 is 17.5 Å². The summed E-state index contributed by atoms with van der Waals surface area (Å²) in [4.78, 5) is 27.1. The lowest BCUT2D eigenvalue weighted by Gasteiger charge is -2.29. The fourth-order valence-corrected chi connectivity index (χ4v) is 4.47. The van der Waals surface area contributed by atoms with Crippen LogP contribution in [0.4, 0.5) is 5.69 Å². The summed E-state index contributed by atoms with van der Waals surface area (Å²) in [5.41, 5.74) is 0.503. The SMILES string of the molecule is C=CCC12C=CC(C1)C1C(=O)N(c3ccccc3)C(=O)C12. The number of fused-ring (bicyclic) bond motifs is 5. The lowest BCUT2D eigenvalue weighted by Crippen LogP contribution is -2.35. The van der Waals surface area contributed by atoms with Gasteiger partial charge in [0.25, 0.3) is 0 Å². The average Bonchev–Trinajstić information content (AvgIpc) is 3.11. The van der Waals surface area contributed by atoms with Gasteiger partial charge in [0.15, 0.2) is 0 Å². The highest BCUT2D eigenvalue weighted by Gasteiger charge is 2.65. The number of benzene rings is 1. The van der Waals surface area contributed by atoms with Gasteiger partial charge in [-0.1, -0.05) is 36.4 Å². The van der Waals surface area contributed by atoms with Crippen molar-refractivity contribution in [3.63, 3.8) is 0 Å². The molecule has 2 amide bonds. The average molecular weight is 279 g/mol. The highest BCUT2D eigenvalue weighted by molar-refractivity contribution is 6.23. The van der Waals surface area contributed by atoms with Gasteiger partial charge in [0, 0.05) is 5.41 Å². The summed E-state index contributed by atoms with van der Waals surface area (Å²) < 4.78 is 0. The van der Waals surface area contributed by atoms with Crippen LogP contribution in [0.25, 0.3) is 0 Å². The van der Waals surface area contributed by atoms with Crippen LogP contribution in [-0.4, -0.2) is 11.8 Å². The van der Waals surface area contributed by atoms with Crippen LogP contribution < -0.4 is 4.90 Å². The molecule has 2 bridgehead atoms. The fourth-order valence-electron chi connectivity index (χ4n) is 4.47. The molecule has 1 aromatic carbocycles. The monoisotopic (exact) mass is 279 g/mol. The van der Waals surface area contributed by atoms with Crippen molar-refractivity contribution in [2.75, 3.05) is 4.90 Å². The van der Waals surface area contributed by atoms with E-state index in [1.54, 1.807) is 0 Å². The molecule has 3 heteroatoms. The number of carbonyl (C=O) groups excluding carboxylic acids is 2. The van der Waals surface area contributed by atoms with Gasteiger partial charge in [-0.25, -0.2) is 0 Å². The highest BCUT2D eigenvalue weighted by atomic mass is 16.2. The van der Waals surface area contributed by atoms with E-state index >= 15 is 0 Å². The lowest BCUT2D eigenvalue weighted by molar-refractivity contribution is -0.123. The molecule has 1 aromatic rings. The second-order valence-electron chi connectivity index (χ2n) is 6.30. The molecule has 4 unspecified atom stereocenters. The quantitative estimate of drug-likeness (QED) is 0.630. The van der Waals surface area contributed by atoms with Gasteiger partial charge in [0.05, 0.1) is 17.5 Å².